The molecule has 1 aliphatic heterocycles. The first-order valence-corrected chi connectivity index (χ1v) is 9.41. The quantitative estimate of drug-likeness (QED) is 0.579. The fourth-order valence-electron chi connectivity index (χ4n) is 2.93. The zero-order valence-corrected chi connectivity index (χ0v) is 16.4. The van der Waals surface area contributed by atoms with Crippen LogP contribution in [0.15, 0.2) is 88.5 Å². The molecule has 1 unspecified atom stereocenters. The Morgan fingerprint density at radius 2 is 1.75 bits per heavy atom. The first kappa shape index (κ1) is 18.2. The van der Waals surface area contributed by atoms with Gasteiger partial charge in [0.25, 0.3) is 0 Å². The highest BCUT2D eigenvalue weighted by molar-refractivity contribution is 9.10. The molecule has 0 aliphatic carbocycles. The summed E-state index contributed by atoms with van der Waals surface area (Å²) >= 11 is 3.40. The van der Waals surface area contributed by atoms with Gasteiger partial charge in [0, 0.05) is 22.4 Å². The molecule has 0 saturated carbocycles. The van der Waals surface area contributed by atoms with E-state index in [0.717, 1.165) is 21.3 Å². The van der Waals surface area contributed by atoms with Crippen molar-refractivity contribution < 1.29 is 4.74 Å². The van der Waals surface area contributed by atoms with Gasteiger partial charge in [-0.3, -0.25) is 5.73 Å². The van der Waals surface area contributed by atoms with Crippen molar-refractivity contribution in [1.29, 1.82) is 0 Å². The van der Waals surface area contributed by atoms with E-state index < -0.39 is 5.66 Å². The number of pyridine rings is 1. The number of halogens is 1. The van der Waals surface area contributed by atoms with Crippen LogP contribution in [0.2, 0.25) is 0 Å². The first-order valence-electron chi connectivity index (χ1n) is 8.61. The van der Waals surface area contributed by atoms with Crippen LogP contribution < -0.4 is 21.5 Å². The number of nitrogens with zero attached hydrogens (tertiary/aromatic N) is 2. The molecule has 28 heavy (non-hydrogen) atoms. The molecule has 2 aromatic carbocycles. The lowest BCUT2D eigenvalue weighted by Crippen LogP contribution is -2.44. The average molecular weight is 436 g/mol. The fraction of sp³-hybridized carbons (Fsp3) is 0.0476. The minimum absolute atomic E-state index is 0.266. The molecule has 0 fully saturated rings. The van der Waals surface area contributed by atoms with Crippen LogP contribution in [0.1, 0.15) is 11.1 Å². The topological polar surface area (TPSA) is 98.5 Å². The minimum Gasteiger partial charge on any atom is -0.439 e. The van der Waals surface area contributed by atoms with Gasteiger partial charge in [-0.2, -0.15) is 0 Å². The molecule has 0 spiro atoms. The smallest absolute Gasteiger partial charge is 0.220 e. The molecule has 7 heteroatoms. The van der Waals surface area contributed by atoms with Crippen LogP contribution >= 0.6 is 15.9 Å². The molecule has 0 saturated heterocycles. The molecular formula is C21H18BrN5O. The highest BCUT2D eigenvalue weighted by Gasteiger charge is 2.29. The molecule has 0 amide bonds. The number of ether oxygens (including phenoxy) is 1. The molecule has 0 radical (unpaired) electrons. The maximum Gasteiger partial charge on any atom is 0.220 e. The van der Waals surface area contributed by atoms with Gasteiger partial charge in [0.05, 0.1) is 0 Å². The van der Waals surface area contributed by atoms with Gasteiger partial charge in [0.2, 0.25) is 5.88 Å². The third kappa shape index (κ3) is 3.90. The van der Waals surface area contributed by atoms with Gasteiger partial charge >= 0.3 is 0 Å². The van der Waals surface area contributed by atoms with Crippen molar-refractivity contribution in [3.05, 3.63) is 94.6 Å². The number of guanidine groups is 1. The largest absolute Gasteiger partial charge is 0.439 e. The molecule has 3 aromatic rings. The third-order valence-corrected chi connectivity index (χ3v) is 4.75. The number of aromatic nitrogens is 1. The maximum atomic E-state index is 6.58. The van der Waals surface area contributed by atoms with E-state index in [4.69, 9.17) is 16.2 Å². The molecular weight excluding hydrogens is 418 g/mol. The Kier molecular flexibility index (Phi) is 4.85. The normalized spacial score (nSPS) is 18.6. The second-order valence-corrected chi connectivity index (χ2v) is 7.23. The van der Waals surface area contributed by atoms with E-state index >= 15 is 0 Å². The van der Waals surface area contributed by atoms with Gasteiger partial charge in [0.15, 0.2) is 11.6 Å². The number of rotatable bonds is 4. The van der Waals surface area contributed by atoms with Crippen molar-refractivity contribution >= 4 is 27.6 Å². The van der Waals surface area contributed by atoms with Gasteiger partial charge in [-0.25, -0.2) is 9.98 Å². The maximum absolute atomic E-state index is 6.58. The summed E-state index contributed by atoms with van der Waals surface area (Å²) in [6.07, 6.45) is 3.54. The minimum atomic E-state index is -1.08. The van der Waals surface area contributed by atoms with Crippen LogP contribution in [0.4, 0.5) is 0 Å². The molecule has 0 bridgehead atoms. The van der Waals surface area contributed by atoms with Crippen molar-refractivity contribution in [1.82, 2.24) is 10.3 Å². The van der Waals surface area contributed by atoms with E-state index in [9.17, 15) is 0 Å². The summed E-state index contributed by atoms with van der Waals surface area (Å²) in [5.74, 6) is 1.42. The van der Waals surface area contributed by atoms with E-state index in [2.05, 4.69) is 31.2 Å². The number of hydrogen-bond acceptors (Lipinski definition) is 6. The Labute approximate surface area is 171 Å². The molecule has 5 N–H and O–H groups in total. The van der Waals surface area contributed by atoms with Crippen LogP contribution in [-0.2, 0) is 5.66 Å². The van der Waals surface area contributed by atoms with Crippen molar-refractivity contribution in [2.24, 2.45) is 16.5 Å². The van der Waals surface area contributed by atoms with E-state index in [1.54, 1.807) is 12.3 Å². The Balaban J connectivity index is 1.62. The van der Waals surface area contributed by atoms with Crippen molar-refractivity contribution in [2.45, 2.75) is 5.66 Å². The van der Waals surface area contributed by atoms with E-state index in [-0.39, 0.29) is 5.96 Å². The number of hydrogen-bond donors (Lipinski definition) is 3. The number of aliphatic imine (C=N–C) groups is 1. The number of nitrogens with two attached hydrogens (primary N) is 2. The zero-order valence-electron chi connectivity index (χ0n) is 14.8. The Morgan fingerprint density at radius 3 is 2.46 bits per heavy atom. The molecule has 1 atom stereocenters. The fourth-order valence-corrected chi connectivity index (χ4v) is 3.24. The summed E-state index contributed by atoms with van der Waals surface area (Å²) in [5.41, 5.74) is 14.1. The van der Waals surface area contributed by atoms with Gasteiger partial charge in [-0.15, -0.1) is 0 Å². The standard InChI is InChI=1S/C21H18BrN5O/c22-16-10-11-25-19(12-16)28-17-8-6-15(7-9-17)21(24)13-18(26-20(23)27-21)14-4-2-1-3-5-14/h1-13H,24H2,(H3,23,26,27). The van der Waals surface area contributed by atoms with Crippen LogP contribution in [0.25, 0.3) is 5.70 Å². The van der Waals surface area contributed by atoms with Crippen LogP contribution in [0.3, 0.4) is 0 Å². The summed E-state index contributed by atoms with van der Waals surface area (Å²) in [6.45, 7) is 0. The van der Waals surface area contributed by atoms with E-state index in [1.807, 2.05) is 66.7 Å². The van der Waals surface area contributed by atoms with Crippen molar-refractivity contribution in [2.75, 3.05) is 0 Å². The second kappa shape index (κ2) is 7.46. The Bertz CT molecular complexity index is 1050. The summed E-state index contributed by atoms with van der Waals surface area (Å²) in [5, 5.41) is 3.08. The Morgan fingerprint density at radius 1 is 1.00 bits per heavy atom. The lowest BCUT2D eigenvalue weighted by Gasteiger charge is -2.29. The number of nitrogens with one attached hydrogen (secondary N) is 1. The van der Waals surface area contributed by atoms with Gasteiger partial charge in [-0.05, 0) is 35.4 Å². The SMILES string of the molecule is NC1=NC(N)(c2ccc(Oc3cc(Br)ccn3)cc2)C=C(c2ccccc2)N1. The summed E-state index contributed by atoms with van der Waals surface area (Å²) < 4.78 is 6.67. The zero-order chi connectivity index (χ0) is 19.6. The molecule has 1 aromatic heterocycles. The Hall–Kier alpha value is -3.16. The average Bonchev–Trinajstić information content (AvgIpc) is 2.68. The van der Waals surface area contributed by atoms with Crippen LogP contribution in [-0.4, -0.2) is 10.9 Å². The van der Waals surface area contributed by atoms with Crippen LogP contribution in [0, 0.1) is 0 Å². The molecule has 6 nitrogen and oxygen atoms in total. The third-order valence-electron chi connectivity index (χ3n) is 4.25. The summed E-state index contributed by atoms with van der Waals surface area (Å²) in [4.78, 5) is 8.59. The summed E-state index contributed by atoms with van der Waals surface area (Å²) in [7, 11) is 0. The summed E-state index contributed by atoms with van der Waals surface area (Å²) in [6, 6.07) is 20.9. The molecule has 140 valence electrons. The van der Waals surface area contributed by atoms with Gasteiger partial charge in [0.1, 0.15) is 5.75 Å². The lowest BCUT2D eigenvalue weighted by molar-refractivity contribution is 0.461. The first-order chi connectivity index (χ1) is 13.5. The highest BCUT2D eigenvalue weighted by atomic mass is 79.9. The molecule has 1 aliphatic rings. The van der Waals surface area contributed by atoms with E-state index in [1.165, 1.54) is 0 Å². The van der Waals surface area contributed by atoms with Gasteiger partial charge in [-0.1, -0.05) is 58.4 Å². The van der Waals surface area contributed by atoms with Crippen molar-refractivity contribution in [3.8, 4) is 11.6 Å². The van der Waals surface area contributed by atoms with Gasteiger partial charge < -0.3 is 15.8 Å². The number of benzene rings is 2. The second-order valence-electron chi connectivity index (χ2n) is 6.31. The monoisotopic (exact) mass is 435 g/mol. The lowest BCUT2D eigenvalue weighted by atomic mass is 9.96. The van der Waals surface area contributed by atoms with Crippen LogP contribution in [0.5, 0.6) is 11.6 Å². The molecule has 4 rings (SSSR count). The predicted octanol–water partition coefficient (Wildman–Crippen LogP) is 3.71. The highest BCUT2D eigenvalue weighted by Crippen LogP contribution is 2.30. The predicted molar refractivity (Wildman–Crippen MR) is 113 cm³/mol. The van der Waals surface area contributed by atoms with Crippen molar-refractivity contribution in [3.63, 3.8) is 0 Å². The molecule has 2 heterocycles. The van der Waals surface area contributed by atoms with E-state index in [0.29, 0.717) is 11.6 Å².